The zero-order valence-electron chi connectivity index (χ0n) is 44.6. The first kappa shape index (κ1) is 64.6. The van der Waals surface area contributed by atoms with Gasteiger partial charge in [0.15, 0.2) is 6.10 Å². The lowest BCUT2D eigenvalue weighted by Gasteiger charge is -2.18. The SMILES string of the molecule is CC/C=C\C/C=C\C/C=C\C/C=C\CCCCCC(=O)OC(COC(=O)CCCCCCCCC/C=C\CCCCCC)COC(=O)CCCCCCCCCCCC/C=C\C=C/CCCCC. The van der Waals surface area contributed by atoms with Gasteiger partial charge in [-0.25, -0.2) is 0 Å². The Labute approximate surface area is 420 Å². The van der Waals surface area contributed by atoms with Gasteiger partial charge in [-0.15, -0.1) is 0 Å². The minimum Gasteiger partial charge on any atom is -0.462 e. The van der Waals surface area contributed by atoms with E-state index >= 15 is 0 Å². The summed E-state index contributed by atoms with van der Waals surface area (Å²) in [7, 11) is 0. The van der Waals surface area contributed by atoms with Gasteiger partial charge in [0.25, 0.3) is 0 Å². The third-order valence-electron chi connectivity index (χ3n) is 12.1. The van der Waals surface area contributed by atoms with Gasteiger partial charge in [-0.05, 0) is 109 Å². The van der Waals surface area contributed by atoms with E-state index in [-0.39, 0.29) is 37.5 Å². The molecule has 0 spiro atoms. The van der Waals surface area contributed by atoms with Gasteiger partial charge < -0.3 is 14.2 Å². The Kier molecular flexibility index (Phi) is 53.4. The Morgan fingerprint density at radius 3 is 1.04 bits per heavy atom. The van der Waals surface area contributed by atoms with Gasteiger partial charge in [-0.1, -0.05) is 228 Å². The van der Waals surface area contributed by atoms with E-state index in [0.29, 0.717) is 12.8 Å². The molecule has 0 fully saturated rings. The topological polar surface area (TPSA) is 78.9 Å². The summed E-state index contributed by atoms with van der Waals surface area (Å²) in [6, 6.07) is 0. The molecule has 0 saturated carbocycles. The van der Waals surface area contributed by atoms with Crippen LogP contribution in [0.1, 0.15) is 271 Å². The number of esters is 3. The van der Waals surface area contributed by atoms with Crippen molar-refractivity contribution >= 4 is 17.9 Å². The number of carbonyl (C=O) groups is 3. The summed E-state index contributed by atoms with van der Waals surface area (Å²) in [5, 5.41) is 0. The van der Waals surface area contributed by atoms with Gasteiger partial charge in [-0.2, -0.15) is 0 Å². The minimum atomic E-state index is -0.797. The molecule has 0 N–H and O–H groups in total. The van der Waals surface area contributed by atoms with Crippen LogP contribution in [-0.4, -0.2) is 37.2 Å². The van der Waals surface area contributed by atoms with Crippen LogP contribution in [-0.2, 0) is 28.6 Å². The fourth-order valence-electron chi connectivity index (χ4n) is 7.83. The summed E-state index contributed by atoms with van der Waals surface area (Å²) in [6.07, 6.45) is 72.8. The smallest absolute Gasteiger partial charge is 0.306 e. The van der Waals surface area contributed by atoms with E-state index in [4.69, 9.17) is 14.2 Å². The second-order valence-electron chi connectivity index (χ2n) is 18.8. The maximum absolute atomic E-state index is 12.8. The van der Waals surface area contributed by atoms with Crippen LogP contribution in [0.5, 0.6) is 0 Å². The van der Waals surface area contributed by atoms with Crippen molar-refractivity contribution in [1.29, 1.82) is 0 Å². The highest BCUT2D eigenvalue weighted by atomic mass is 16.6. The van der Waals surface area contributed by atoms with Crippen LogP contribution in [0.3, 0.4) is 0 Å². The lowest BCUT2D eigenvalue weighted by molar-refractivity contribution is -0.167. The van der Waals surface area contributed by atoms with E-state index < -0.39 is 6.10 Å². The van der Waals surface area contributed by atoms with Crippen LogP contribution in [0.15, 0.2) is 85.1 Å². The van der Waals surface area contributed by atoms with Gasteiger partial charge in [0.2, 0.25) is 0 Å². The average molecular weight is 948 g/mol. The van der Waals surface area contributed by atoms with Crippen LogP contribution < -0.4 is 0 Å². The highest BCUT2D eigenvalue weighted by molar-refractivity contribution is 5.71. The Balaban J connectivity index is 4.43. The number of carbonyl (C=O) groups excluding carboxylic acids is 3. The first-order valence-electron chi connectivity index (χ1n) is 28.6. The fourth-order valence-corrected chi connectivity index (χ4v) is 7.83. The van der Waals surface area contributed by atoms with Crippen molar-refractivity contribution in [3.63, 3.8) is 0 Å². The molecular formula is C62H106O6. The molecule has 0 aliphatic carbocycles. The molecule has 0 rings (SSSR count). The number of unbranched alkanes of at least 4 members (excludes halogenated alkanes) is 27. The van der Waals surface area contributed by atoms with Gasteiger partial charge in [0.05, 0.1) is 0 Å². The van der Waals surface area contributed by atoms with Crippen LogP contribution in [0, 0.1) is 0 Å². The first-order valence-corrected chi connectivity index (χ1v) is 28.6. The molecule has 0 aliphatic rings. The average Bonchev–Trinajstić information content (AvgIpc) is 3.34. The Morgan fingerprint density at radius 2 is 0.618 bits per heavy atom. The van der Waals surface area contributed by atoms with Crippen molar-refractivity contribution in [3.05, 3.63) is 85.1 Å². The van der Waals surface area contributed by atoms with Crippen LogP contribution in [0.4, 0.5) is 0 Å². The molecule has 0 aromatic carbocycles. The minimum absolute atomic E-state index is 0.0924. The standard InChI is InChI=1S/C62H106O6/c1-4-7-10-13-16-19-22-25-28-30-31-32-35-37-40-43-46-49-52-55-61(64)67-58-59(57-66-60(63)54-51-48-45-42-39-36-33-27-24-21-18-15-12-9-6-3)68-62(65)56-53-50-47-44-41-38-34-29-26-23-20-17-14-11-8-5-2/h8,11,16-17,19-22,24-26,29,38,41,59H,4-7,9-10,12-15,18,23,27-28,30-37,39-40,42-58H2,1-3H3/b11-8-,19-16-,20-17-,24-21-,25-22-,29-26-,41-38-. The molecule has 1 unspecified atom stereocenters. The molecule has 0 aromatic rings. The third kappa shape index (κ3) is 53.5. The summed E-state index contributed by atoms with van der Waals surface area (Å²) >= 11 is 0. The molecular weight excluding hydrogens is 841 g/mol. The number of hydrogen-bond donors (Lipinski definition) is 0. The number of rotatable bonds is 51. The monoisotopic (exact) mass is 947 g/mol. The van der Waals surface area contributed by atoms with Crippen LogP contribution in [0.2, 0.25) is 0 Å². The van der Waals surface area contributed by atoms with Crippen molar-refractivity contribution in [1.82, 2.24) is 0 Å². The Hall–Kier alpha value is -3.41. The Bertz CT molecular complexity index is 1320. The number of ether oxygens (including phenoxy) is 3. The Morgan fingerprint density at radius 1 is 0.324 bits per heavy atom. The largest absolute Gasteiger partial charge is 0.462 e. The van der Waals surface area contributed by atoms with Gasteiger partial charge in [0, 0.05) is 19.3 Å². The molecule has 0 aliphatic heterocycles. The zero-order chi connectivity index (χ0) is 49.3. The fraction of sp³-hybridized carbons (Fsp3) is 0.726. The van der Waals surface area contributed by atoms with Crippen molar-refractivity contribution < 1.29 is 28.6 Å². The summed E-state index contributed by atoms with van der Waals surface area (Å²) in [4.78, 5) is 38.2. The van der Waals surface area contributed by atoms with E-state index in [9.17, 15) is 14.4 Å². The highest BCUT2D eigenvalue weighted by Crippen LogP contribution is 2.15. The summed E-state index contributed by atoms with van der Waals surface area (Å²) in [6.45, 7) is 6.47. The molecule has 6 heteroatoms. The van der Waals surface area contributed by atoms with E-state index in [2.05, 4.69) is 106 Å². The van der Waals surface area contributed by atoms with Crippen molar-refractivity contribution in [2.24, 2.45) is 0 Å². The molecule has 0 radical (unpaired) electrons. The lowest BCUT2D eigenvalue weighted by atomic mass is 10.1. The maximum atomic E-state index is 12.8. The van der Waals surface area contributed by atoms with Crippen molar-refractivity contribution in [2.45, 2.75) is 277 Å². The van der Waals surface area contributed by atoms with Crippen molar-refractivity contribution in [2.75, 3.05) is 13.2 Å². The molecule has 0 amide bonds. The molecule has 6 nitrogen and oxygen atoms in total. The summed E-state index contributed by atoms with van der Waals surface area (Å²) < 4.78 is 16.8. The second-order valence-corrected chi connectivity index (χ2v) is 18.8. The molecule has 0 saturated heterocycles. The van der Waals surface area contributed by atoms with Gasteiger partial charge >= 0.3 is 17.9 Å². The first-order chi connectivity index (χ1) is 33.5. The molecule has 1 atom stereocenters. The van der Waals surface area contributed by atoms with Crippen molar-refractivity contribution in [3.8, 4) is 0 Å². The van der Waals surface area contributed by atoms with Gasteiger partial charge in [-0.3, -0.25) is 14.4 Å². The molecule has 0 bridgehead atoms. The number of allylic oxidation sites excluding steroid dienone is 14. The number of hydrogen-bond acceptors (Lipinski definition) is 6. The van der Waals surface area contributed by atoms with E-state index in [1.807, 2.05) is 0 Å². The lowest BCUT2D eigenvalue weighted by Crippen LogP contribution is -2.30. The maximum Gasteiger partial charge on any atom is 0.306 e. The third-order valence-corrected chi connectivity index (χ3v) is 12.1. The normalized spacial score (nSPS) is 12.7. The van der Waals surface area contributed by atoms with Gasteiger partial charge in [0.1, 0.15) is 13.2 Å². The van der Waals surface area contributed by atoms with E-state index in [1.54, 1.807) is 0 Å². The molecule has 390 valence electrons. The van der Waals surface area contributed by atoms with E-state index in [0.717, 1.165) is 89.9 Å². The van der Waals surface area contributed by atoms with Crippen LogP contribution in [0.25, 0.3) is 0 Å². The highest BCUT2D eigenvalue weighted by Gasteiger charge is 2.19. The molecule has 0 aromatic heterocycles. The zero-order valence-corrected chi connectivity index (χ0v) is 44.6. The second kappa shape index (κ2) is 56.2. The predicted molar refractivity (Wildman–Crippen MR) is 293 cm³/mol. The quantitative estimate of drug-likeness (QED) is 0.0199. The predicted octanol–water partition coefficient (Wildman–Crippen LogP) is 19.2. The summed E-state index contributed by atoms with van der Waals surface area (Å²) in [5.74, 6) is -0.926. The van der Waals surface area contributed by atoms with Crippen LogP contribution >= 0.6 is 0 Å². The van der Waals surface area contributed by atoms with E-state index in [1.165, 1.54) is 141 Å². The molecule has 0 heterocycles. The summed E-state index contributed by atoms with van der Waals surface area (Å²) in [5.41, 5.74) is 0. The molecule has 68 heavy (non-hydrogen) atoms.